The Morgan fingerprint density at radius 1 is 1.14 bits per heavy atom. The number of carbonyl (C=O) groups excluding carboxylic acids is 2. The fourth-order valence-electron chi connectivity index (χ4n) is 3.50. The highest BCUT2D eigenvalue weighted by Gasteiger charge is 2.24. The molecule has 1 aliphatic rings. The highest BCUT2D eigenvalue weighted by molar-refractivity contribution is 5.94. The number of nitrogens with zero attached hydrogens (tertiary/aromatic N) is 1. The van der Waals surface area contributed by atoms with Crippen molar-refractivity contribution in [2.45, 2.75) is 25.8 Å². The van der Waals surface area contributed by atoms with Crippen LogP contribution in [0.4, 0.5) is 5.69 Å². The van der Waals surface area contributed by atoms with Crippen LogP contribution < -0.4 is 16.4 Å². The first kappa shape index (κ1) is 20.0. The van der Waals surface area contributed by atoms with Crippen LogP contribution in [0.1, 0.15) is 40.9 Å². The van der Waals surface area contributed by atoms with Crippen LogP contribution in [0, 0.1) is 0 Å². The Bertz CT molecular complexity index is 802. The molecule has 2 aromatic carbocycles. The van der Waals surface area contributed by atoms with Gasteiger partial charge in [0.05, 0.1) is 0 Å². The van der Waals surface area contributed by atoms with Crippen molar-refractivity contribution < 1.29 is 9.59 Å². The van der Waals surface area contributed by atoms with Gasteiger partial charge in [0.2, 0.25) is 11.8 Å². The van der Waals surface area contributed by atoms with E-state index in [-0.39, 0.29) is 11.9 Å². The molecule has 3 rings (SSSR count). The molecule has 0 aliphatic carbocycles. The number of nitrogens with one attached hydrogen (secondary N) is 2. The van der Waals surface area contributed by atoms with Gasteiger partial charge in [-0.25, -0.2) is 0 Å². The van der Waals surface area contributed by atoms with E-state index in [0.29, 0.717) is 24.2 Å². The Balaban J connectivity index is 1.56. The first-order chi connectivity index (χ1) is 13.6. The van der Waals surface area contributed by atoms with Crippen LogP contribution in [0.5, 0.6) is 0 Å². The van der Waals surface area contributed by atoms with Crippen molar-refractivity contribution in [2.24, 2.45) is 5.73 Å². The van der Waals surface area contributed by atoms with Crippen molar-refractivity contribution in [3.63, 3.8) is 0 Å². The molecule has 28 heavy (non-hydrogen) atoms. The van der Waals surface area contributed by atoms with E-state index >= 15 is 0 Å². The van der Waals surface area contributed by atoms with Gasteiger partial charge >= 0.3 is 0 Å². The van der Waals surface area contributed by atoms with Crippen LogP contribution in [-0.2, 0) is 11.2 Å². The van der Waals surface area contributed by atoms with Crippen LogP contribution in [-0.4, -0.2) is 42.9 Å². The number of carbonyl (C=O) groups is 2. The number of aryl methyl sites for hydroxylation is 1. The highest BCUT2D eigenvalue weighted by Crippen LogP contribution is 2.23. The number of hydrogen-bond acceptors (Lipinski definition) is 4. The Labute approximate surface area is 166 Å². The van der Waals surface area contributed by atoms with E-state index < -0.39 is 5.91 Å². The summed E-state index contributed by atoms with van der Waals surface area (Å²) in [4.78, 5) is 25.8. The number of piperazine rings is 1. The Hall–Kier alpha value is -2.70. The molecule has 1 unspecified atom stereocenters. The number of anilines is 1. The molecule has 1 atom stereocenters. The number of amides is 2. The van der Waals surface area contributed by atoms with E-state index in [1.54, 1.807) is 24.3 Å². The average molecular weight is 380 g/mol. The maximum absolute atomic E-state index is 12.4. The monoisotopic (exact) mass is 380 g/mol. The predicted octanol–water partition coefficient (Wildman–Crippen LogP) is 2.32. The molecule has 2 aromatic rings. The lowest BCUT2D eigenvalue weighted by Gasteiger charge is -2.36. The van der Waals surface area contributed by atoms with Gasteiger partial charge in [0.15, 0.2) is 0 Å². The molecular weight excluding hydrogens is 352 g/mol. The van der Waals surface area contributed by atoms with Gasteiger partial charge < -0.3 is 16.4 Å². The summed E-state index contributed by atoms with van der Waals surface area (Å²) in [6, 6.07) is 15.7. The van der Waals surface area contributed by atoms with Crippen LogP contribution >= 0.6 is 0 Å². The summed E-state index contributed by atoms with van der Waals surface area (Å²) in [5.41, 5.74) is 8.95. The van der Waals surface area contributed by atoms with Gasteiger partial charge in [-0.15, -0.1) is 0 Å². The van der Waals surface area contributed by atoms with Crippen molar-refractivity contribution in [3.8, 4) is 0 Å². The van der Waals surface area contributed by atoms with Gasteiger partial charge in [-0.05, 0) is 41.8 Å². The number of benzene rings is 2. The molecule has 0 aromatic heterocycles. The number of nitrogens with two attached hydrogens (primary N) is 1. The summed E-state index contributed by atoms with van der Waals surface area (Å²) in [6.45, 7) is 5.60. The smallest absolute Gasteiger partial charge is 0.248 e. The van der Waals surface area contributed by atoms with Crippen molar-refractivity contribution >= 4 is 17.5 Å². The fraction of sp³-hybridized carbons (Fsp3) is 0.364. The molecule has 4 N–H and O–H groups in total. The van der Waals surface area contributed by atoms with E-state index in [2.05, 4.69) is 46.7 Å². The van der Waals surface area contributed by atoms with Crippen molar-refractivity contribution in [1.29, 1.82) is 0 Å². The molecular formula is C22H28N4O2. The second kappa shape index (κ2) is 9.48. The lowest BCUT2D eigenvalue weighted by atomic mass is 10.0. The summed E-state index contributed by atoms with van der Waals surface area (Å²) in [6.07, 6.45) is 1.45. The molecule has 0 saturated carbocycles. The van der Waals surface area contributed by atoms with Crippen LogP contribution in [0.25, 0.3) is 0 Å². The molecule has 6 heteroatoms. The average Bonchev–Trinajstić information content (AvgIpc) is 2.73. The number of primary amides is 1. The van der Waals surface area contributed by atoms with Gasteiger partial charge in [0.1, 0.15) is 0 Å². The molecule has 1 heterocycles. The Morgan fingerprint density at radius 3 is 2.50 bits per heavy atom. The molecule has 0 radical (unpaired) electrons. The second-order valence-corrected chi connectivity index (χ2v) is 7.09. The lowest BCUT2D eigenvalue weighted by Crippen LogP contribution is -2.46. The van der Waals surface area contributed by atoms with E-state index in [0.717, 1.165) is 26.1 Å². The standard InChI is InChI=1S/C22H28N4O2/c1-2-16-3-5-17(6-4-16)20-15-24-12-14-26(20)13-11-21(27)25-19-9-7-18(8-10-19)22(23)28/h3-10,20,24H,2,11-15H2,1H3,(H2,23,28)(H,25,27). The molecule has 2 amide bonds. The Kier molecular flexibility index (Phi) is 6.79. The van der Waals surface area contributed by atoms with Crippen molar-refractivity contribution in [2.75, 3.05) is 31.5 Å². The van der Waals surface area contributed by atoms with Crippen molar-refractivity contribution in [3.05, 3.63) is 65.2 Å². The normalized spacial score (nSPS) is 17.2. The SMILES string of the molecule is CCc1ccc(C2CNCCN2CCC(=O)Nc2ccc(C(N)=O)cc2)cc1. The van der Waals surface area contributed by atoms with Gasteiger partial charge in [0.25, 0.3) is 0 Å². The van der Waals surface area contributed by atoms with Gasteiger partial charge in [-0.2, -0.15) is 0 Å². The molecule has 1 fully saturated rings. The third kappa shape index (κ3) is 5.18. The van der Waals surface area contributed by atoms with E-state index in [9.17, 15) is 9.59 Å². The molecule has 0 spiro atoms. The minimum Gasteiger partial charge on any atom is -0.366 e. The zero-order valence-corrected chi connectivity index (χ0v) is 16.3. The summed E-state index contributed by atoms with van der Waals surface area (Å²) in [7, 11) is 0. The minimum absolute atomic E-state index is 0.0366. The van der Waals surface area contributed by atoms with E-state index in [1.165, 1.54) is 11.1 Å². The second-order valence-electron chi connectivity index (χ2n) is 7.09. The molecule has 6 nitrogen and oxygen atoms in total. The summed E-state index contributed by atoms with van der Waals surface area (Å²) in [5.74, 6) is -0.514. The van der Waals surface area contributed by atoms with Gasteiger partial charge in [0, 0.05) is 49.9 Å². The zero-order valence-electron chi connectivity index (χ0n) is 16.3. The maximum Gasteiger partial charge on any atom is 0.248 e. The van der Waals surface area contributed by atoms with Crippen LogP contribution in [0.15, 0.2) is 48.5 Å². The van der Waals surface area contributed by atoms with Gasteiger partial charge in [-0.3, -0.25) is 14.5 Å². The first-order valence-corrected chi connectivity index (χ1v) is 9.80. The van der Waals surface area contributed by atoms with Crippen LogP contribution in [0.3, 0.4) is 0 Å². The first-order valence-electron chi connectivity index (χ1n) is 9.80. The minimum atomic E-state index is -0.477. The molecule has 1 saturated heterocycles. The number of hydrogen-bond donors (Lipinski definition) is 3. The maximum atomic E-state index is 12.4. The fourth-order valence-corrected chi connectivity index (χ4v) is 3.50. The van der Waals surface area contributed by atoms with Gasteiger partial charge in [-0.1, -0.05) is 31.2 Å². The molecule has 1 aliphatic heterocycles. The van der Waals surface area contributed by atoms with Crippen molar-refractivity contribution in [1.82, 2.24) is 10.2 Å². The summed E-state index contributed by atoms with van der Waals surface area (Å²) >= 11 is 0. The Morgan fingerprint density at radius 2 is 1.86 bits per heavy atom. The third-order valence-electron chi connectivity index (χ3n) is 5.21. The summed E-state index contributed by atoms with van der Waals surface area (Å²) in [5, 5.41) is 6.34. The quantitative estimate of drug-likeness (QED) is 0.688. The van der Waals surface area contributed by atoms with E-state index in [1.807, 2.05) is 0 Å². The highest BCUT2D eigenvalue weighted by atomic mass is 16.2. The largest absolute Gasteiger partial charge is 0.366 e. The number of rotatable bonds is 7. The third-order valence-corrected chi connectivity index (χ3v) is 5.21. The topological polar surface area (TPSA) is 87.5 Å². The lowest BCUT2D eigenvalue weighted by molar-refractivity contribution is -0.116. The summed E-state index contributed by atoms with van der Waals surface area (Å²) < 4.78 is 0. The predicted molar refractivity (Wildman–Crippen MR) is 111 cm³/mol. The molecule has 148 valence electrons. The zero-order chi connectivity index (χ0) is 19.9. The molecule has 0 bridgehead atoms. The van der Waals surface area contributed by atoms with Crippen LogP contribution in [0.2, 0.25) is 0 Å². The van der Waals surface area contributed by atoms with E-state index in [4.69, 9.17) is 5.73 Å².